The minimum absolute atomic E-state index is 0.0226. The monoisotopic (exact) mass is 293 g/mol. The fourth-order valence-corrected chi connectivity index (χ4v) is 1.83. The Morgan fingerprint density at radius 3 is 3.05 bits per heavy atom. The summed E-state index contributed by atoms with van der Waals surface area (Å²) in [6.45, 7) is 1.97. The van der Waals surface area contributed by atoms with E-state index < -0.39 is 5.82 Å². The summed E-state index contributed by atoms with van der Waals surface area (Å²) in [5.74, 6) is -0.206. The first-order valence-electron chi connectivity index (χ1n) is 6.06. The maximum Gasteiger partial charge on any atom is 0.249 e. The molecule has 0 aliphatic carbocycles. The number of amides is 1. The van der Waals surface area contributed by atoms with E-state index >= 15 is 0 Å². The third kappa shape index (κ3) is 3.45. The number of carbonyl (C=O) groups is 1. The van der Waals surface area contributed by atoms with Crippen LogP contribution in [-0.4, -0.2) is 16.1 Å². The van der Waals surface area contributed by atoms with E-state index in [2.05, 4.69) is 15.5 Å². The number of aromatic amines is 1. The Morgan fingerprint density at radius 2 is 2.35 bits per heavy atom. The number of halogens is 2. The van der Waals surface area contributed by atoms with Gasteiger partial charge in [0.1, 0.15) is 11.6 Å². The van der Waals surface area contributed by atoms with Crippen molar-refractivity contribution in [1.29, 1.82) is 0 Å². The minimum atomic E-state index is -0.488. The van der Waals surface area contributed by atoms with Crippen LogP contribution in [0, 0.1) is 5.82 Å². The molecule has 4 nitrogen and oxygen atoms in total. The standard InChI is InChI=1S/C14H13ClFN3O/c1-2-10-8-17-19-14(10)18-13(20)6-4-9-3-5-12(16)11(15)7-9/h3-8H,2H2,1H3,(H2,17,18,19,20)/b6-4+. The van der Waals surface area contributed by atoms with Crippen molar-refractivity contribution in [2.75, 3.05) is 5.32 Å². The highest BCUT2D eigenvalue weighted by molar-refractivity contribution is 6.30. The van der Waals surface area contributed by atoms with Gasteiger partial charge in [0.05, 0.1) is 11.2 Å². The Labute approximate surface area is 120 Å². The summed E-state index contributed by atoms with van der Waals surface area (Å²) in [5.41, 5.74) is 1.57. The van der Waals surface area contributed by atoms with E-state index in [4.69, 9.17) is 11.6 Å². The van der Waals surface area contributed by atoms with Crippen molar-refractivity contribution in [3.05, 3.63) is 52.4 Å². The topological polar surface area (TPSA) is 57.8 Å². The highest BCUT2D eigenvalue weighted by atomic mass is 35.5. The van der Waals surface area contributed by atoms with Gasteiger partial charge in [-0.3, -0.25) is 9.89 Å². The van der Waals surface area contributed by atoms with Crippen LogP contribution in [0.25, 0.3) is 6.08 Å². The Morgan fingerprint density at radius 1 is 1.55 bits per heavy atom. The van der Waals surface area contributed by atoms with Crippen LogP contribution in [0.2, 0.25) is 5.02 Å². The SMILES string of the molecule is CCc1cn[nH]c1NC(=O)/C=C/c1ccc(F)c(Cl)c1. The summed E-state index contributed by atoms with van der Waals surface area (Å²) in [4.78, 5) is 11.8. The largest absolute Gasteiger partial charge is 0.307 e. The highest BCUT2D eigenvalue weighted by Gasteiger charge is 2.05. The van der Waals surface area contributed by atoms with Crippen LogP contribution in [0.3, 0.4) is 0 Å². The molecule has 6 heteroatoms. The second kappa shape index (κ2) is 6.34. The number of H-pyrrole nitrogens is 1. The summed E-state index contributed by atoms with van der Waals surface area (Å²) in [5, 5.41) is 9.29. The molecular formula is C14H13ClFN3O. The van der Waals surface area contributed by atoms with Crippen LogP contribution in [0.1, 0.15) is 18.1 Å². The van der Waals surface area contributed by atoms with Crippen LogP contribution in [0.15, 0.2) is 30.5 Å². The van der Waals surface area contributed by atoms with Crippen molar-refractivity contribution < 1.29 is 9.18 Å². The van der Waals surface area contributed by atoms with Crippen molar-refractivity contribution >= 4 is 29.4 Å². The van der Waals surface area contributed by atoms with Crippen molar-refractivity contribution in [1.82, 2.24) is 10.2 Å². The summed E-state index contributed by atoms with van der Waals surface area (Å²) < 4.78 is 13.0. The van der Waals surface area contributed by atoms with E-state index in [-0.39, 0.29) is 10.9 Å². The molecule has 0 fully saturated rings. The maximum absolute atomic E-state index is 13.0. The van der Waals surface area contributed by atoms with Gasteiger partial charge in [-0.05, 0) is 30.2 Å². The molecule has 0 bridgehead atoms. The van der Waals surface area contributed by atoms with Crippen molar-refractivity contribution in [2.24, 2.45) is 0 Å². The third-order valence-corrected chi connectivity index (χ3v) is 3.01. The number of nitrogens with zero attached hydrogens (tertiary/aromatic N) is 1. The van der Waals surface area contributed by atoms with Gasteiger partial charge in [0, 0.05) is 11.6 Å². The molecule has 0 atom stereocenters. The van der Waals surface area contributed by atoms with Crippen LogP contribution in [0.5, 0.6) is 0 Å². The van der Waals surface area contributed by atoms with Crippen LogP contribution >= 0.6 is 11.6 Å². The molecule has 0 saturated heterocycles. The molecule has 104 valence electrons. The third-order valence-electron chi connectivity index (χ3n) is 2.72. The Balaban J connectivity index is 2.04. The van der Waals surface area contributed by atoms with Gasteiger partial charge >= 0.3 is 0 Å². The summed E-state index contributed by atoms with van der Waals surface area (Å²) in [6, 6.07) is 4.25. The fourth-order valence-electron chi connectivity index (χ4n) is 1.64. The number of nitrogens with one attached hydrogen (secondary N) is 2. The first-order valence-corrected chi connectivity index (χ1v) is 6.44. The van der Waals surface area contributed by atoms with Gasteiger partial charge in [-0.15, -0.1) is 0 Å². The lowest BCUT2D eigenvalue weighted by Gasteiger charge is -2.01. The molecule has 2 aromatic rings. The molecule has 1 heterocycles. The number of hydrogen-bond donors (Lipinski definition) is 2. The minimum Gasteiger partial charge on any atom is -0.307 e. The van der Waals surface area contributed by atoms with Gasteiger partial charge in [0.25, 0.3) is 0 Å². The Bertz CT molecular complexity index is 652. The Hall–Kier alpha value is -2.14. The first kappa shape index (κ1) is 14.3. The number of aryl methyl sites for hydroxylation is 1. The zero-order chi connectivity index (χ0) is 14.5. The normalized spacial score (nSPS) is 10.9. The number of rotatable bonds is 4. The van der Waals surface area contributed by atoms with E-state index in [1.165, 1.54) is 18.2 Å². The molecule has 0 aliphatic heterocycles. The van der Waals surface area contributed by atoms with E-state index in [0.29, 0.717) is 11.4 Å². The van der Waals surface area contributed by atoms with Gasteiger partial charge < -0.3 is 5.32 Å². The molecule has 0 radical (unpaired) electrons. The van der Waals surface area contributed by atoms with Gasteiger partial charge in [-0.25, -0.2) is 4.39 Å². The summed E-state index contributed by atoms with van der Waals surface area (Å²) in [6.07, 6.45) is 5.34. The van der Waals surface area contributed by atoms with Gasteiger partial charge in [0.2, 0.25) is 5.91 Å². The smallest absolute Gasteiger partial charge is 0.249 e. The molecule has 20 heavy (non-hydrogen) atoms. The quantitative estimate of drug-likeness (QED) is 0.849. The number of carbonyl (C=O) groups excluding carboxylic acids is 1. The predicted octanol–water partition coefficient (Wildman–Crippen LogP) is 3.42. The molecular weight excluding hydrogens is 281 g/mol. The van der Waals surface area contributed by atoms with E-state index in [9.17, 15) is 9.18 Å². The molecule has 1 aromatic heterocycles. The average molecular weight is 294 g/mol. The van der Waals surface area contributed by atoms with Gasteiger partial charge in [-0.2, -0.15) is 5.10 Å². The highest BCUT2D eigenvalue weighted by Crippen LogP contribution is 2.17. The molecule has 1 amide bonds. The Kier molecular flexibility index (Phi) is 4.53. The number of hydrogen-bond acceptors (Lipinski definition) is 2. The van der Waals surface area contributed by atoms with E-state index in [1.807, 2.05) is 6.92 Å². The van der Waals surface area contributed by atoms with E-state index in [1.54, 1.807) is 18.3 Å². The fraction of sp³-hybridized carbons (Fsp3) is 0.143. The van der Waals surface area contributed by atoms with Crippen molar-refractivity contribution in [3.63, 3.8) is 0 Å². The molecule has 2 rings (SSSR count). The number of anilines is 1. The predicted molar refractivity (Wildman–Crippen MR) is 77.0 cm³/mol. The second-order valence-corrected chi connectivity index (χ2v) is 4.53. The van der Waals surface area contributed by atoms with Crippen LogP contribution in [-0.2, 0) is 11.2 Å². The molecule has 0 aliphatic rings. The summed E-state index contributed by atoms with van der Waals surface area (Å²) >= 11 is 5.66. The van der Waals surface area contributed by atoms with E-state index in [0.717, 1.165) is 12.0 Å². The lowest BCUT2D eigenvalue weighted by molar-refractivity contribution is -0.111. The van der Waals surface area contributed by atoms with Gasteiger partial charge in [0.15, 0.2) is 0 Å². The average Bonchev–Trinajstić information content (AvgIpc) is 2.87. The zero-order valence-electron chi connectivity index (χ0n) is 10.8. The molecule has 0 spiro atoms. The van der Waals surface area contributed by atoms with Crippen LogP contribution < -0.4 is 5.32 Å². The maximum atomic E-state index is 13.0. The number of benzene rings is 1. The number of aromatic nitrogens is 2. The van der Waals surface area contributed by atoms with Gasteiger partial charge in [-0.1, -0.05) is 24.6 Å². The van der Waals surface area contributed by atoms with Crippen LogP contribution in [0.4, 0.5) is 10.2 Å². The van der Waals surface area contributed by atoms with Crippen molar-refractivity contribution in [2.45, 2.75) is 13.3 Å². The second-order valence-electron chi connectivity index (χ2n) is 4.12. The molecule has 2 N–H and O–H groups in total. The summed E-state index contributed by atoms with van der Waals surface area (Å²) in [7, 11) is 0. The molecule has 1 aromatic carbocycles. The molecule has 0 saturated carbocycles. The first-order chi connectivity index (χ1) is 9.60. The lowest BCUT2D eigenvalue weighted by Crippen LogP contribution is -2.09. The van der Waals surface area contributed by atoms with Crippen molar-refractivity contribution in [3.8, 4) is 0 Å². The lowest BCUT2D eigenvalue weighted by atomic mass is 10.2. The molecule has 0 unspecified atom stereocenters. The zero-order valence-corrected chi connectivity index (χ0v) is 11.5.